The van der Waals surface area contributed by atoms with Crippen molar-refractivity contribution in [3.63, 3.8) is 0 Å². The summed E-state index contributed by atoms with van der Waals surface area (Å²) in [4.78, 5) is 40.1. The molecule has 7 heteroatoms. The molecule has 1 fully saturated rings. The number of esters is 1. The van der Waals surface area contributed by atoms with Crippen molar-refractivity contribution in [2.24, 2.45) is 0 Å². The third-order valence-corrected chi connectivity index (χ3v) is 4.16. The van der Waals surface area contributed by atoms with E-state index in [-0.39, 0.29) is 11.5 Å². The Kier molecular flexibility index (Phi) is 4.83. The quantitative estimate of drug-likeness (QED) is 0.830. The number of ether oxygens (including phenoxy) is 1. The van der Waals surface area contributed by atoms with E-state index in [0.717, 1.165) is 31.6 Å². The van der Waals surface area contributed by atoms with Crippen molar-refractivity contribution >= 4 is 23.3 Å². The number of anilines is 2. The van der Waals surface area contributed by atoms with Crippen LogP contribution in [0, 0.1) is 0 Å². The van der Waals surface area contributed by atoms with E-state index in [1.54, 1.807) is 12.1 Å². The molecule has 0 saturated carbocycles. The number of pyridine rings is 1. The van der Waals surface area contributed by atoms with Gasteiger partial charge in [0.1, 0.15) is 0 Å². The summed E-state index contributed by atoms with van der Waals surface area (Å²) in [6.07, 6.45) is 3.54. The number of aromatic amines is 1. The highest BCUT2D eigenvalue weighted by Gasteiger charge is 2.19. The van der Waals surface area contributed by atoms with E-state index >= 15 is 0 Å². The average molecular weight is 341 g/mol. The highest BCUT2D eigenvalue weighted by atomic mass is 16.5. The second-order valence-electron chi connectivity index (χ2n) is 5.81. The molecule has 2 aromatic rings. The van der Waals surface area contributed by atoms with Gasteiger partial charge in [0.2, 0.25) is 5.56 Å². The average Bonchev–Trinajstić information content (AvgIpc) is 3.16. The smallest absolute Gasteiger partial charge is 0.337 e. The number of benzene rings is 1. The first kappa shape index (κ1) is 16.8. The molecular weight excluding hydrogens is 322 g/mol. The van der Waals surface area contributed by atoms with Crippen LogP contribution in [0.25, 0.3) is 0 Å². The number of methoxy groups -OCH3 is 1. The molecule has 1 aromatic heterocycles. The van der Waals surface area contributed by atoms with Crippen molar-refractivity contribution in [2.75, 3.05) is 30.4 Å². The van der Waals surface area contributed by atoms with Crippen molar-refractivity contribution < 1.29 is 14.3 Å². The molecule has 0 unspecified atom stereocenters. The molecular formula is C18H19N3O4. The molecule has 1 aliphatic heterocycles. The molecule has 130 valence electrons. The van der Waals surface area contributed by atoms with Gasteiger partial charge in [-0.05, 0) is 37.1 Å². The standard InChI is InChI=1S/C18H19N3O4/c1-25-18(24)12-4-6-15(21-8-2-3-9-21)14(10-12)20-17(23)13-5-7-16(22)19-11-13/h4-7,10-11H,2-3,8-9H2,1H3,(H,19,22)(H,20,23). The number of hydrogen-bond donors (Lipinski definition) is 2. The Balaban J connectivity index is 1.93. The zero-order chi connectivity index (χ0) is 17.8. The van der Waals surface area contributed by atoms with Crippen molar-refractivity contribution in [1.82, 2.24) is 4.98 Å². The molecule has 2 heterocycles. The number of aromatic nitrogens is 1. The van der Waals surface area contributed by atoms with Crippen molar-refractivity contribution in [2.45, 2.75) is 12.8 Å². The van der Waals surface area contributed by atoms with E-state index in [0.29, 0.717) is 16.8 Å². The SMILES string of the molecule is COC(=O)c1ccc(N2CCCC2)c(NC(=O)c2ccc(=O)[nH]c2)c1. The van der Waals surface area contributed by atoms with E-state index in [1.165, 1.54) is 25.4 Å². The van der Waals surface area contributed by atoms with Gasteiger partial charge in [-0.2, -0.15) is 0 Å². The summed E-state index contributed by atoms with van der Waals surface area (Å²) in [5.74, 6) is -0.828. The van der Waals surface area contributed by atoms with Crippen molar-refractivity contribution in [3.05, 3.63) is 58.0 Å². The van der Waals surface area contributed by atoms with Crippen LogP contribution in [0.3, 0.4) is 0 Å². The van der Waals surface area contributed by atoms with Crippen LogP contribution in [-0.4, -0.2) is 37.1 Å². The molecule has 3 rings (SSSR count). The third kappa shape index (κ3) is 3.71. The normalized spacial score (nSPS) is 13.6. The summed E-state index contributed by atoms with van der Waals surface area (Å²) in [6, 6.07) is 7.87. The molecule has 7 nitrogen and oxygen atoms in total. The Labute approximate surface area is 144 Å². The van der Waals surface area contributed by atoms with Crippen LogP contribution in [0.5, 0.6) is 0 Å². The molecule has 0 atom stereocenters. The van der Waals surface area contributed by atoms with E-state index in [2.05, 4.69) is 15.2 Å². The van der Waals surface area contributed by atoms with E-state index in [9.17, 15) is 14.4 Å². The fourth-order valence-electron chi connectivity index (χ4n) is 2.86. The minimum Gasteiger partial charge on any atom is -0.465 e. The summed E-state index contributed by atoms with van der Waals surface area (Å²) in [5.41, 5.74) is 1.82. The largest absolute Gasteiger partial charge is 0.465 e. The lowest BCUT2D eigenvalue weighted by Crippen LogP contribution is -2.22. The van der Waals surface area contributed by atoms with Crippen LogP contribution in [0.1, 0.15) is 33.6 Å². The van der Waals surface area contributed by atoms with Gasteiger partial charge in [0.05, 0.1) is 29.6 Å². The number of hydrogen-bond acceptors (Lipinski definition) is 5. The van der Waals surface area contributed by atoms with Crippen LogP contribution in [0.15, 0.2) is 41.3 Å². The molecule has 0 bridgehead atoms. The maximum atomic E-state index is 12.5. The second-order valence-corrected chi connectivity index (χ2v) is 5.81. The van der Waals surface area contributed by atoms with Gasteiger partial charge < -0.3 is 19.9 Å². The molecule has 0 aliphatic carbocycles. The molecule has 1 aliphatic rings. The number of nitrogens with zero attached hydrogens (tertiary/aromatic N) is 1. The Morgan fingerprint density at radius 2 is 1.84 bits per heavy atom. The third-order valence-electron chi connectivity index (χ3n) is 4.16. The van der Waals surface area contributed by atoms with Crippen LogP contribution in [0.4, 0.5) is 11.4 Å². The number of H-pyrrole nitrogens is 1. The summed E-state index contributed by atoms with van der Waals surface area (Å²) in [7, 11) is 1.31. The van der Waals surface area contributed by atoms with E-state index < -0.39 is 5.97 Å². The summed E-state index contributed by atoms with van der Waals surface area (Å²) in [5, 5.41) is 2.83. The first-order valence-electron chi connectivity index (χ1n) is 8.06. The summed E-state index contributed by atoms with van der Waals surface area (Å²) < 4.78 is 4.75. The van der Waals surface area contributed by atoms with Gasteiger partial charge in [0, 0.05) is 25.4 Å². The monoisotopic (exact) mass is 341 g/mol. The molecule has 0 spiro atoms. The van der Waals surface area contributed by atoms with Gasteiger partial charge in [0.25, 0.3) is 5.91 Å². The minimum absolute atomic E-state index is 0.276. The topological polar surface area (TPSA) is 91.5 Å². The van der Waals surface area contributed by atoms with Gasteiger partial charge in [0.15, 0.2) is 0 Å². The van der Waals surface area contributed by atoms with Crippen LogP contribution < -0.4 is 15.8 Å². The Bertz CT molecular complexity index is 833. The summed E-state index contributed by atoms with van der Waals surface area (Å²) >= 11 is 0. The molecule has 2 N–H and O–H groups in total. The molecule has 1 saturated heterocycles. The first-order valence-corrected chi connectivity index (χ1v) is 8.06. The van der Waals surface area contributed by atoms with Crippen molar-refractivity contribution in [1.29, 1.82) is 0 Å². The summed E-state index contributed by atoms with van der Waals surface area (Å²) in [6.45, 7) is 1.80. The molecule has 1 aromatic carbocycles. The van der Waals surface area contributed by atoms with Gasteiger partial charge >= 0.3 is 5.97 Å². The lowest BCUT2D eigenvalue weighted by atomic mass is 10.1. The fourth-order valence-corrected chi connectivity index (χ4v) is 2.86. The maximum absolute atomic E-state index is 12.5. The zero-order valence-corrected chi connectivity index (χ0v) is 13.9. The Morgan fingerprint density at radius 3 is 2.48 bits per heavy atom. The molecule has 0 radical (unpaired) electrons. The predicted molar refractivity (Wildman–Crippen MR) is 94.2 cm³/mol. The maximum Gasteiger partial charge on any atom is 0.337 e. The van der Waals surface area contributed by atoms with Crippen molar-refractivity contribution in [3.8, 4) is 0 Å². The number of carbonyl (C=O) groups is 2. The Hall–Kier alpha value is -3.09. The molecule has 1 amide bonds. The number of rotatable bonds is 4. The van der Waals surface area contributed by atoms with Gasteiger partial charge in [-0.1, -0.05) is 0 Å². The second kappa shape index (κ2) is 7.21. The zero-order valence-electron chi connectivity index (χ0n) is 13.9. The van der Waals surface area contributed by atoms with Crippen LogP contribution >= 0.6 is 0 Å². The van der Waals surface area contributed by atoms with Crippen LogP contribution in [0.2, 0.25) is 0 Å². The Morgan fingerprint density at radius 1 is 1.12 bits per heavy atom. The predicted octanol–water partition coefficient (Wildman–Crippen LogP) is 2.01. The van der Waals surface area contributed by atoms with E-state index in [1.807, 2.05) is 6.07 Å². The molecule has 25 heavy (non-hydrogen) atoms. The van der Waals surface area contributed by atoms with Gasteiger partial charge in [-0.25, -0.2) is 4.79 Å². The number of nitrogens with one attached hydrogen (secondary N) is 2. The van der Waals surface area contributed by atoms with Gasteiger partial charge in [-0.3, -0.25) is 9.59 Å². The van der Waals surface area contributed by atoms with Crippen LogP contribution in [-0.2, 0) is 4.74 Å². The van der Waals surface area contributed by atoms with Gasteiger partial charge in [-0.15, -0.1) is 0 Å². The highest BCUT2D eigenvalue weighted by Crippen LogP contribution is 2.30. The minimum atomic E-state index is -0.465. The first-order chi connectivity index (χ1) is 12.1. The lowest BCUT2D eigenvalue weighted by molar-refractivity contribution is 0.0600. The van der Waals surface area contributed by atoms with E-state index in [4.69, 9.17) is 4.74 Å². The number of carbonyl (C=O) groups excluding carboxylic acids is 2. The fraction of sp³-hybridized carbons (Fsp3) is 0.278. The number of amides is 1. The highest BCUT2D eigenvalue weighted by molar-refractivity contribution is 6.06. The lowest BCUT2D eigenvalue weighted by Gasteiger charge is -2.22.